The summed E-state index contributed by atoms with van der Waals surface area (Å²) in [7, 11) is 0. The predicted octanol–water partition coefficient (Wildman–Crippen LogP) is 1.11. The fourth-order valence-electron chi connectivity index (χ4n) is 2.08. The fourth-order valence-corrected chi connectivity index (χ4v) is 2.08. The average molecular weight is 237 g/mol. The molecule has 1 fully saturated rings. The second kappa shape index (κ2) is 4.71. The number of carbonyl (C=O) groups is 1. The third-order valence-electron chi connectivity index (χ3n) is 2.97. The minimum atomic E-state index is -1.19. The van der Waals surface area contributed by atoms with Gasteiger partial charge in [0.05, 0.1) is 18.8 Å². The number of hydrogen-bond acceptors (Lipinski definition) is 3. The summed E-state index contributed by atoms with van der Waals surface area (Å²) < 4.78 is 7.02. The highest BCUT2D eigenvalue weighted by molar-refractivity contribution is 5.86. The second-order valence-electron chi connectivity index (χ2n) is 4.33. The third-order valence-corrected chi connectivity index (χ3v) is 2.97. The van der Waals surface area contributed by atoms with E-state index in [1.54, 1.807) is 12.3 Å². The van der Waals surface area contributed by atoms with Crippen molar-refractivity contribution < 1.29 is 14.6 Å². The molecule has 0 bridgehead atoms. The Morgan fingerprint density at radius 2 is 2.35 bits per heavy atom. The SMILES string of the molecule is CC1CCC(Cn2cccc(C(=O)O)c2=O)O1. The predicted molar refractivity (Wildman–Crippen MR) is 61.2 cm³/mol. The van der Waals surface area contributed by atoms with Gasteiger partial charge < -0.3 is 14.4 Å². The monoisotopic (exact) mass is 237 g/mol. The normalized spacial score (nSPS) is 23.8. The smallest absolute Gasteiger partial charge is 0.341 e. The third kappa shape index (κ3) is 2.55. The van der Waals surface area contributed by atoms with Crippen LogP contribution < -0.4 is 5.56 Å². The number of carboxylic acid groups (broad SMARTS) is 1. The Hall–Kier alpha value is -1.62. The van der Waals surface area contributed by atoms with Gasteiger partial charge in [0.1, 0.15) is 5.56 Å². The minimum Gasteiger partial charge on any atom is -0.477 e. The lowest BCUT2D eigenvalue weighted by molar-refractivity contribution is 0.0449. The quantitative estimate of drug-likeness (QED) is 0.855. The summed E-state index contributed by atoms with van der Waals surface area (Å²) >= 11 is 0. The molecule has 1 aromatic heterocycles. The topological polar surface area (TPSA) is 68.5 Å². The number of nitrogens with zero attached hydrogens (tertiary/aromatic N) is 1. The van der Waals surface area contributed by atoms with Crippen LogP contribution in [0, 0.1) is 0 Å². The molecular formula is C12H15NO4. The molecule has 0 radical (unpaired) electrons. The van der Waals surface area contributed by atoms with Crippen molar-refractivity contribution in [2.75, 3.05) is 0 Å². The maximum absolute atomic E-state index is 11.8. The van der Waals surface area contributed by atoms with Crippen molar-refractivity contribution in [3.63, 3.8) is 0 Å². The van der Waals surface area contributed by atoms with Gasteiger partial charge in [0.2, 0.25) is 0 Å². The molecule has 2 unspecified atom stereocenters. The number of aromatic carboxylic acids is 1. The van der Waals surface area contributed by atoms with Gasteiger partial charge >= 0.3 is 5.97 Å². The van der Waals surface area contributed by atoms with Gasteiger partial charge in [-0.1, -0.05) is 0 Å². The molecule has 1 aromatic rings. The Morgan fingerprint density at radius 3 is 2.94 bits per heavy atom. The van der Waals surface area contributed by atoms with E-state index in [4.69, 9.17) is 9.84 Å². The van der Waals surface area contributed by atoms with Crippen LogP contribution in [0.25, 0.3) is 0 Å². The molecule has 5 nitrogen and oxygen atoms in total. The number of ether oxygens (including phenoxy) is 1. The Bertz CT molecular complexity index is 480. The van der Waals surface area contributed by atoms with E-state index in [1.807, 2.05) is 6.92 Å². The molecule has 1 aliphatic heterocycles. The van der Waals surface area contributed by atoms with Gasteiger partial charge in [-0.25, -0.2) is 4.79 Å². The van der Waals surface area contributed by atoms with Crippen molar-refractivity contribution in [3.05, 3.63) is 34.2 Å². The highest BCUT2D eigenvalue weighted by Crippen LogP contribution is 2.19. The molecule has 2 rings (SSSR count). The van der Waals surface area contributed by atoms with Gasteiger partial charge in [-0.05, 0) is 31.9 Å². The summed E-state index contributed by atoms with van der Waals surface area (Å²) in [5.74, 6) is -1.19. The van der Waals surface area contributed by atoms with Crippen molar-refractivity contribution in [2.45, 2.75) is 38.5 Å². The summed E-state index contributed by atoms with van der Waals surface area (Å²) in [5, 5.41) is 8.85. The molecule has 2 atom stereocenters. The average Bonchev–Trinajstić information content (AvgIpc) is 2.67. The molecule has 0 aromatic carbocycles. The number of carboxylic acids is 1. The molecule has 0 saturated carbocycles. The first-order valence-corrected chi connectivity index (χ1v) is 5.66. The Labute approximate surface area is 98.6 Å². The summed E-state index contributed by atoms with van der Waals surface area (Å²) in [5.41, 5.74) is -0.665. The highest BCUT2D eigenvalue weighted by atomic mass is 16.5. The molecule has 2 heterocycles. The zero-order valence-corrected chi connectivity index (χ0v) is 9.63. The van der Waals surface area contributed by atoms with Crippen molar-refractivity contribution >= 4 is 5.97 Å². The fraction of sp³-hybridized carbons (Fsp3) is 0.500. The molecule has 5 heteroatoms. The molecule has 0 aliphatic carbocycles. The van der Waals surface area contributed by atoms with Crippen molar-refractivity contribution in [2.24, 2.45) is 0 Å². The van der Waals surface area contributed by atoms with Crippen LogP contribution in [0.3, 0.4) is 0 Å². The standard InChI is InChI=1S/C12H15NO4/c1-8-4-5-9(17-8)7-13-6-2-3-10(11(13)14)12(15)16/h2-3,6,8-9H,4-5,7H2,1H3,(H,15,16). The Morgan fingerprint density at radius 1 is 1.59 bits per heavy atom. The lowest BCUT2D eigenvalue weighted by Gasteiger charge is -2.13. The maximum Gasteiger partial charge on any atom is 0.341 e. The lowest BCUT2D eigenvalue weighted by Crippen LogP contribution is -2.30. The molecule has 0 amide bonds. The van der Waals surface area contributed by atoms with Crippen molar-refractivity contribution in [1.29, 1.82) is 0 Å². The number of rotatable bonds is 3. The van der Waals surface area contributed by atoms with Crippen LogP contribution in [0.2, 0.25) is 0 Å². The van der Waals surface area contributed by atoms with Gasteiger partial charge in [-0.3, -0.25) is 4.79 Å². The van der Waals surface area contributed by atoms with E-state index < -0.39 is 11.5 Å². The van der Waals surface area contributed by atoms with Gasteiger partial charge in [0, 0.05) is 6.20 Å². The zero-order chi connectivity index (χ0) is 12.4. The molecule has 1 aliphatic rings. The van der Waals surface area contributed by atoms with E-state index in [2.05, 4.69) is 0 Å². The Kier molecular flexibility index (Phi) is 3.28. The van der Waals surface area contributed by atoms with Crippen LogP contribution in [0.5, 0.6) is 0 Å². The summed E-state index contributed by atoms with van der Waals surface area (Å²) in [6.07, 6.45) is 3.72. The van der Waals surface area contributed by atoms with Crippen LogP contribution in [-0.2, 0) is 11.3 Å². The van der Waals surface area contributed by atoms with Crippen LogP contribution in [0.1, 0.15) is 30.1 Å². The first-order chi connectivity index (χ1) is 8.08. The summed E-state index contributed by atoms with van der Waals surface area (Å²) in [6, 6.07) is 2.89. The van der Waals surface area contributed by atoms with Crippen LogP contribution in [0.4, 0.5) is 0 Å². The molecule has 17 heavy (non-hydrogen) atoms. The number of aromatic nitrogens is 1. The minimum absolute atomic E-state index is 0.00625. The van der Waals surface area contributed by atoms with E-state index in [0.717, 1.165) is 12.8 Å². The first kappa shape index (κ1) is 11.9. The zero-order valence-electron chi connectivity index (χ0n) is 9.63. The molecular weight excluding hydrogens is 222 g/mol. The lowest BCUT2D eigenvalue weighted by atomic mass is 10.2. The van der Waals surface area contributed by atoms with E-state index in [9.17, 15) is 9.59 Å². The van der Waals surface area contributed by atoms with E-state index in [0.29, 0.717) is 6.54 Å². The van der Waals surface area contributed by atoms with Gasteiger partial charge in [-0.2, -0.15) is 0 Å². The molecule has 92 valence electrons. The van der Waals surface area contributed by atoms with E-state index >= 15 is 0 Å². The summed E-state index contributed by atoms with van der Waals surface area (Å²) in [4.78, 5) is 22.6. The maximum atomic E-state index is 11.8. The molecule has 1 N–H and O–H groups in total. The van der Waals surface area contributed by atoms with E-state index in [-0.39, 0.29) is 17.8 Å². The number of pyridine rings is 1. The largest absolute Gasteiger partial charge is 0.477 e. The van der Waals surface area contributed by atoms with Crippen LogP contribution in [0.15, 0.2) is 23.1 Å². The second-order valence-corrected chi connectivity index (χ2v) is 4.33. The van der Waals surface area contributed by atoms with Gasteiger partial charge in [0.25, 0.3) is 5.56 Å². The van der Waals surface area contributed by atoms with Gasteiger partial charge in [-0.15, -0.1) is 0 Å². The van der Waals surface area contributed by atoms with Crippen molar-refractivity contribution in [3.8, 4) is 0 Å². The molecule has 1 saturated heterocycles. The highest BCUT2D eigenvalue weighted by Gasteiger charge is 2.22. The van der Waals surface area contributed by atoms with Crippen molar-refractivity contribution in [1.82, 2.24) is 4.57 Å². The first-order valence-electron chi connectivity index (χ1n) is 5.66. The van der Waals surface area contributed by atoms with Gasteiger partial charge in [0.15, 0.2) is 0 Å². The summed E-state index contributed by atoms with van der Waals surface area (Å²) in [6.45, 7) is 2.42. The van der Waals surface area contributed by atoms with Crippen LogP contribution in [-0.4, -0.2) is 27.9 Å². The number of hydrogen-bond donors (Lipinski definition) is 1. The Balaban J connectivity index is 2.19. The van der Waals surface area contributed by atoms with E-state index in [1.165, 1.54) is 10.6 Å². The van der Waals surface area contributed by atoms with Crippen LogP contribution >= 0.6 is 0 Å². The molecule has 0 spiro atoms.